The molecule has 0 N–H and O–H groups in total. The highest BCUT2D eigenvalue weighted by molar-refractivity contribution is 6.13. The zero-order valence-corrected chi connectivity index (χ0v) is 43.8. The molecule has 12 aromatic carbocycles. The fourth-order valence-corrected chi connectivity index (χ4v) is 16.2. The van der Waals surface area contributed by atoms with Gasteiger partial charge in [0.25, 0.3) is 0 Å². The number of nitrogens with zero attached hydrogens (tertiary/aromatic N) is 2. The van der Waals surface area contributed by atoms with E-state index in [9.17, 15) is 0 Å². The van der Waals surface area contributed by atoms with Crippen LogP contribution in [0.4, 0.5) is 17.1 Å². The number of hydrogen-bond acceptors (Lipinski definition) is 1. The Labute approximate surface area is 459 Å². The van der Waals surface area contributed by atoms with Crippen molar-refractivity contribution in [1.29, 1.82) is 0 Å². The van der Waals surface area contributed by atoms with Crippen LogP contribution in [-0.2, 0) is 16.2 Å². The summed E-state index contributed by atoms with van der Waals surface area (Å²) in [6.07, 6.45) is 0. The normalized spacial score (nSPS) is 16.2. The third-order valence-corrected chi connectivity index (χ3v) is 19.2. The van der Waals surface area contributed by atoms with Crippen molar-refractivity contribution in [3.8, 4) is 61.3 Å². The van der Waals surface area contributed by atoms with Gasteiger partial charge in [0.15, 0.2) is 0 Å². The number of fused-ring (bicyclic) bond motifs is 25. The Morgan fingerprint density at radius 1 is 0.304 bits per heavy atom. The van der Waals surface area contributed by atoms with Gasteiger partial charge in [0.1, 0.15) is 0 Å². The average molecular weight is 1000 g/mol. The molecule has 2 heterocycles. The molecule has 368 valence electrons. The first-order chi connectivity index (χ1) is 39.0. The van der Waals surface area contributed by atoms with Gasteiger partial charge in [0.05, 0.1) is 38.9 Å². The number of aromatic nitrogens is 1. The number of rotatable bonds is 4. The number of anilines is 3. The summed E-state index contributed by atoms with van der Waals surface area (Å²) in [5.41, 5.74) is 32.0. The van der Waals surface area contributed by atoms with Crippen LogP contribution in [0.1, 0.15) is 69.5 Å². The second-order valence-corrected chi connectivity index (χ2v) is 23.0. The maximum absolute atomic E-state index is 2.61. The van der Waals surface area contributed by atoms with Gasteiger partial charge in [0, 0.05) is 33.0 Å². The second kappa shape index (κ2) is 15.2. The van der Waals surface area contributed by atoms with Crippen LogP contribution in [0.25, 0.3) is 83.1 Å². The van der Waals surface area contributed by atoms with Crippen molar-refractivity contribution < 1.29 is 0 Å². The number of benzene rings is 12. The molecule has 13 aromatic rings. The van der Waals surface area contributed by atoms with Crippen molar-refractivity contribution >= 4 is 38.9 Å². The SMILES string of the molecule is CC1(C)c2ccccc2-c2ccc(N(c3ccccc3-c3ccc4c(c3)C3(c5ccccc5-4)c4ccccc4-n4c5ccccc5c5cccc3c54)c3cccc4c3-c3ccccc3C43c4ccccc4-c4ccccc43)cc21. The highest BCUT2D eigenvalue weighted by atomic mass is 15.1. The lowest BCUT2D eigenvalue weighted by Crippen LogP contribution is -2.33. The van der Waals surface area contributed by atoms with Gasteiger partial charge in [-0.1, -0.05) is 238 Å². The largest absolute Gasteiger partial charge is 0.309 e. The van der Waals surface area contributed by atoms with Crippen LogP contribution in [0.5, 0.6) is 0 Å². The van der Waals surface area contributed by atoms with Crippen LogP contribution in [0.3, 0.4) is 0 Å². The van der Waals surface area contributed by atoms with Crippen molar-refractivity contribution in [3.63, 3.8) is 0 Å². The van der Waals surface area contributed by atoms with Crippen LogP contribution in [0, 0.1) is 0 Å². The molecule has 0 amide bonds. The Hall–Kier alpha value is -9.76. The van der Waals surface area contributed by atoms with Gasteiger partial charge in [-0.05, 0) is 143 Å². The van der Waals surface area contributed by atoms with Crippen molar-refractivity contribution in [1.82, 2.24) is 4.57 Å². The van der Waals surface area contributed by atoms with Gasteiger partial charge in [-0.2, -0.15) is 0 Å². The molecule has 0 bridgehead atoms. The van der Waals surface area contributed by atoms with E-state index in [2.05, 4.69) is 290 Å². The average Bonchev–Trinajstić information content (AvgIpc) is 4.24. The molecule has 1 atom stereocenters. The maximum atomic E-state index is 2.61. The quantitative estimate of drug-likeness (QED) is 0.171. The summed E-state index contributed by atoms with van der Waals surface area (Å²) >= 11 is 0. The molecule has 0 saturated heterocycles. The fraction of sp³-hybridized carbons (Fsp3) is 0.0649. The van der Waals surface area contributed by atoms with Crippen LogP contribution in [-0.4, -0.2) is 4.57 Å². The van der Waals surface area contributed by atoms with Gasteiger partial charge in [0.2, 0.25) is 0 Å². The molecule has 18 rings (SSSR count). The van der Waals surface area contributed by atoms with Crippen LogP contribution >= 0.6 is 0 Å². The van der Waals surface area contributed by atoms with E-state index in [1.807, 2.05) is 0 Å². The molecular weight excluding hydrogens is 953 g/mol. The van der Waals surface area contributed by atoms with Crippen molar-refractivity contribution in [2.75, 3.05) is 4.90 Å². The fourth-order valence-electron chi connectivity index (χ4n) is 16.2. The lowest BCUT2D eigenvalue weighted by molar-refractivity contribution is 0.660. The highest BCUT2D eigenvalue weighted by Gasteiger charge is 2.54. The Kier molecular flexibility index (Phi) is 8.37. The van der Waals surface area contributed by atoms with E-state index in [1.54, 1.807) is 0 Å². The first-order valence-corrected chi connectivity index (χ1v) is 27.9. The first-order valence-electron chi connectivity index (χ1n) is 27.9. The van der Waals surface area contributed by atoms with E-state index < -0.39 is 10.8 Å². The molecule has 1 aliphatic heterocycles. The van der Waals surface area contributed by atoms with E-state index >= 15 is 0 Å². The van der Waals surface area contributed by atoms with Crippen LogP contribution in [0.15, 0.2) is 267 Å². The van der Waals surface area contributed by atoms with E-state index in [-0.39, 0.29) is 5.41 Å². The standard InChI is InChI=1S/C77H50N2/c1-75(2)59-29-10-3-22-50(59)54-44-42-48(46-67(54)75)78(72-40-20-35-65-73(72)58-27-7-14-33-63(58)76(65)60-30-11-4-23-51(60)52-24-5-12-31-61(52)76)69-37-16-8-21-49(69)47-41-43-55-53-25-6-13-32-62(53)77(68(55)45-47)64-34-15-18-39-71(64)79-70-38-17-9-26-56(70)57-28-19-36-66(77)74(57)79/h3-46H,1-2H3. The van der Waals surface area contributed by atoms with E-state index in [1.165, 1.54) is 139 Å². The molecule has 5 aliphatic rings. The van der Waals surface area contributed by atoms with Crippen LogP contribution in [0.2, 0.25) is 0 Å². The minimum atomic E-state index is -0.580. The van der Waals surface area contributed by atoms with Gasteiger partial charge in [-0.25, -0.2) is 0 Å². The predicted molar refractivity (Wildman–Crippen MR) is 326 cm³/mol. The zero-order valence-electron chi connectivity index (χ0n) is 43.8. The summed E-state index contributed by atoms with van der Waals surface area (Å²) < 4.78 is 2.54. The summed E-state index contributed by atoms with van der Waals surface area (Å²) in [5.74, 6) is 0. The summed E-state index contributed by atoms with van der Waals surface area (Å²) in [7, 11) is 0. The molecule has 1 unspecified atom stereocenters. The lowest BCUT2D eigenvalue weighted by Gasteiger charge is -2.39. The van der Waals surface area contributed by atoms with E-state index in [4.69, 9.17) is 0 Å². The minimum absolute atomic E-state index is 0.201. The molecule has 2 nitrogen and oxygen atoms in total. The molecule has 4 aliphatic carbocycles. The lowest BCUT2D eigenvalue weighted by atomic mass is 9.65. The molecule has 79 heavy (non-hydrogen) atoms. The Morgan fingerprint density at radius 2 is 0.772 bits per heavy atom. The zero-order chi connectivity index (χ0) is 51.9. The Balaban J connectivity index is 0.915. The minimum Gasteiger partial charge on any atom is -0.309 e. The van der Waals surface area contributed by atoms with E-state index in [0.717, 1.165) is 17.1 Å². The Bertz CT molecular complexity index is 4810. The van der Waals surface area contributed by atoms with Gasteiger partial charge >= 0.3 is 0 Å². The monoisotopic (exact) mass is 1000 g/mol. The van der Waals surface area contributed by atoms with Crippen LogP contribution < -0.4 is 4.90 Å². The second-order valence-electron chi connectivity index (χ2n) is 23.0. The third kappa shape index (κ3) is 5.19. The molecule has 0 fully saturated rings. The summed E-state index contributed by atoms with van der Waals surface area (Å²) in [5, 5.41) is 2.57. The molecule has 2 heteroatoms. The summed E-state index contributed by atoms with van der Waals surface area (Å²) in [6, 6.07) is 102. The van der Waals surface area contributed by atoms with Gasteiger partial charge < -0.3 is 9.47 Å². The van der Waals surface area contributed by atoms with E-state index in [0.29, 0.717) is 0 Å². The van der Waals surface area contributed by atoms with Gasteiger partial charge in [-0.15, -0.1) is 0 Å². The topological polar surface area (TPSA) is 8.17 Å². The summed E-state index contributed by atoms with van der Waals surface area (Å²) in [6.45, 7) is 4.80. The molecule has 2 spiro atoms. The third-order valence-electron chi connectivity index (χ3n) is 19.2. The molecular formula is C77H50N2. The van der Waals surface area contributed by atoms with Gasteiger partial charge in [-0.3, -0.25) is 0 Å². The molecule has 1 aromatic heterocycles. The smallest absolute Gasteiger partial charge is 0.0754 e. The Morgan fingerprint density at radius 3 is 1.49 bits per heavy atom. The predicted octanol–water partition coefficient (Wildman–Crippen LogP) is 19.2. The van der Waals surface area contributed by atoms with Crippen molar-refractivity contribution in [2.24, 2.45) is 0 Å². The molecule has 0 radical (unpaired) electrons. The van der Waals surface area contributed by atoms with Crippen molar-refractivity contribution in [3.05, 3.63) is 323 Å². The molecule has 0 saturated carbocycles. The first kappa shape index (κ1) is 43.4. The number of para-hydroxylation sites is 4. The summed E-state index contributed by atoms with van der Waals surface area (Å²) in [4.78, 5) is 2.61. The highest BCUT2D eigenvalue weighted by Crippen LogP contribution is 2.66. The van der Waals surface area contributed by atoms with Crippen molar-refractivity contribution in [2.45, 2.75) is 30.1 Å². The number of hydrogen-bond donors (Lipinski definition) is 0. The maximum Gasteiger partial charge on any atom is 0.0754 e.